The fraction of sp³-hybridized carbons (Fsp3) is 0.500. The lowest BCUT2D eigenvalue weighted by Crippen LogP contribution is -2.05. The molecule has 1 aromatic rings. The van der Waals surface area contributed by atoms with Crippen molar-refractivity contribution >= 4 is 21.7 Å². The maximum Gasteiger partial charge on any atom is 0.161 e. The number of rotatable bonds is 5. The minimum absolute atomic E-state index is 0.119. The zero-order valence-corrected chi connectivity index (χ0v) is 11.5. The first kappa shape index (κ1) is 13.2. The summed E-state index contributed by atoms with van der Waals surface area (Å²) in [6.45, 7) is 4.06. The lowest BCUT2D eigenvalue weighted by atomic mass is 10.2. The molecule has 0 bridgehead atoms. The average molecular weight is 285 g/mol. The van der Waals surface area contributed by atoms with Crippen LogP contribution in [0.2, 0.25) is 0 Å². The van der Waals surface area contributed by atoms with Crippen LogP contribution in [-0.2, 0) is 24.7 Å². The number of hydrogen-bond acceptors (Lipinski definition) is 2. The number of hydrogen-bond donors (Lipinski definition) is 0. The topological polar surface area (TPSA) is 34.9 Å². The molecule has 0 saturated carbocycles. The Kier molecular flexibility index (Phi) is 4.93. The van der Waals surface area contributed by atoms with E-state index in [2.05, 4.69) is 28.0 Å². The zero-order chi connectivity index (χ0) is 12.1. The number of nitrogens with zero attached hydrogens (tertiary/aromatic N) is 2. The summed E-state index contributed by atoms with van der Waals surface area (Å²) in [5, 5.41) is 4.36. The van der Waals surface area contributed by atoms with Crippen LogP contribution in [-0.4, -0.2) is 15.6 Å². The number of ketones is 1. The SMILES string of the molecule is CC/C=C/C(=O)Cc1c(Br)c(CC)nn1C. The van der Waals surface area contributed by atoms with E-state index in [1.165, 1.54) is 0 Å². The van der Waals surface area contributed by atoms with Gasteiger partial charge < -0.3 is 0 Å². The molecule has 16 heavy (non-hydrogen) atoms. The zero-order valence-electron chi connectivity index (χ0n) is 9.96. The van der Waals surface area contributed by atoms with Crippen LogP contribution in [0.1, 0.15) is 31.7 Å². The van der Waals surface area contributed by atoms with Gasteiger partial charge in [0.05, 0.1) is 22.3 Å². The van der Waals surface area contributed by atoms with Crippen molar-refractivity contribution in [2.24, 2.45) is 7.05 Å². The summed E-state index contributed by atoms with van der Waals surface area (Å²) in [5.74, 6) is 0.119. The minimum Gasteiger partial charge on any atom is -0.294 e. The molecule has 0 N–H and O–H groups in total. The lowest BCUT2D eigenvalue weighted by Gasteiger charge is -1.99. The third-order valence-corrected chi connectivity index (χ3v) is 3.30. The Hall–Kier alpha value is -0.900. The molecule has 3 nitrogen and oxygen atoms in total. The van der Waals surface area contributed by atoms with Crippen LogP contribution in [0.4, 0.5) is 0 Å². The number of halogens is 1. The first-order valence-electron chi connectivity index (χ1n) is 5.49. The number of aromatic nitrogens is 2. The van der Waals surface area contributed by atoms with Crippen LogP contribution in [0.5, 0.6) is 0 Å². The predicted octanol–water partition coefficient (Wildman–Crippen LogP) is 2.82. The Bertz CT molecular complexity index is 407. The van der Waals surface area contributed by atoms with E-state index in [1.807, 2.05) is 20.0 Å². The largest absolute Gasteiger partial charge is 0.294 e. The van der Waals surface area contributed by atoms with Gasteiger partial charge in [-0.2, -0.15) is 5.10 Å². The summed E-state index contributed by atoms with van der Waals surface area (Å²) in [4.78, 5) is 11.6. The highest BCUT2D eigenvalue weighted by Gasteiger charge is 2.14. The van der Waals surface area contributed by atoms with Gasteiger partial charge in [0.15, 0.2) is 5.78 Å². The van der Waals surface area contributed by atoms with Crippen molar-refractivity contribution < 1.29 is 4.79 Å². The van der Waals surface area contributed by atoms with Gasteiger partial charge in [0, 0.05) is 7.05 Å². The fourth-order valence-corrected chi connectivity index (χ4v) is 2.24. The van der Waals surface area contributed by atoms with Crippen LogP contribution in [0, 0.1) is 0 Å². The first-order chi connectivity index (χ1) is 7.60. The van der Waals surface area contributed by atoms with Crippen molar-refractivity contribution in [2.75, 3.05) is 0 Å². The highest BCUT2D eigenvalue weighted by Crippen LogP contribution is 2.22. The number of aryl methyl sites for hydroxylation is 2. The molecule has 88 valence electrons. The van der Waals surface area contributed by atoms with Crippen LogP contribution in [0.3, 0.4) is 0 Å². The number of carbonyl (C=O) groups excluding carboxylic acids is 1. The second-order valence-electron chi connectivity index (χ2n) is 3.64. The van der Waals surface area contributed by atoms with Gasteiger partial charge in [-0.1, -0.05) is 19.9 Å². The summed E-state index contributed by atoms with van der Waals surface area (Å²) in [6.07, 6.45) is 5.69. The molecule has 1 heterocycles. The Morgan fingerprint density at radius 2 is 2.19 bits per heavy atom. The van der Waals surface area contributed by atoms with Crippen molar-refractivity contribution in [1.29, 1.82) is 0 Å². The van der Waals surface area contributed by atoms with Crippen LogP contribution in [0.15, 0.2) is 16.6 Å². The molecule has 0 aliphatic carbocycles. The third-order valence-electron chi connectivity index (χ3n) is 2.38. The second kappa shape index (κ2) is 5.99. The van der Waals surface area contributed by atoms with Gasteiger partial charge in [0.25, 0.3) is 0 Å². The van der Waals surface area contributed by atoms with Gasteiger partial charge in [-0.15, -0.1) is 0 Å². The van der Waals surface area contributed by atoms with E-state index in [4.69, 9.17) is 0 Å². The number of allylic oxidation sites excluding steroid dienone is 2. The van der Waals surface area contributed by atoms with Crippen molar-refractivity contribution in [3.8, 4) is 0 Å². The molecule has 0 saturated heterocycles. The van der Waals surface area contributed by atoms with Crippen molar-refractivity contribution in [1.82, 2.24) is 9.78 Å². The standard InChI is InChI=1S/C12H17BrN2O/c1-4-6-7-9(16)8-11-12(13)10(5-2)14-15(11)3/h6-7H,4-5,8H2,1-3H3/b7-6+. The maximum absolute atomic E-state index is 11.6. The van der Waals surface area contributed by atoms with E-state index in [9.17, 15) is 4.79 Å². The van der Waals surface area contributed by atoms with Gasteiger partial charge in [-0.3, -0.25) is 9.48 Å². The number of carbonyl (C=O) groups is 1. The van der Waals surface area contributed by atoms with Crippen molar-refractivity contribution in [3.05, 3.63) is 28.0 Å². The van der Waals surface area contributed by atoms with Gasteiger partial charge in [0.2, 0.25) is 0 Å². The molecule has 0 aliphatic rings. The second-order valence-corrected chi connectivity index (χ2v) is 4.43. The normalized spacial score (nSPS) is 11.2. The van der Waals surface area contributed by atoms with Crippen molar-refractivity contribution in [2.45, 2.75) is 33.1 Å². The lowest BCUT2D eigenvalue weighted by molar-refractivity contribution is -0.114. The molecule has 4 heteroatoms. The first-order valence-corrected chi connectivity index (χ1v) is 6.29. The molecule has 0 fully saturated rings. The molecule has 0 aliphatic heterocycles. The van der Waals surface area contributed by atoms with Gasteiger partial charge >= 0.3 is 0 Å². The third kappa shape index (κ3) is 3.04. The van der Waals surface area contributed by atoms with Crippen LogP contribution >= 0.6 is 15.9 Å². The van der Waals surface area contributed by atoms with Crippen LogP contribution < -0.4 is 0 Å². The monoisotopic (exact) mass is 284 g/mol. The molecular weight excluding hydrogens is 268 g/mol. The average Bonchev–Trinajstić information content (AvgIpc) is 2.53. The van der Waals surface area contributed by atoms with Gasteiger partial charge in [-0.05, 0) is 34.8 Å². The molecule has 0 aromatic carbocycles. The van der Waals surface area contributed by atoms with E-state index < -0.39 is 0 Å². The molecule has 0 unspecified atom stereocenters. The van der Waals surface area contributed by atoms with Crippen molar-refractivity contribution in [3.63, 3.8) is 0 Å². The summed E-state index contributed by atoms with van der Waals surface area (Å²) in [5.41, 5.74) is 1.95. The Morgan fingerprint density at radius 1 is 1.50 bits per heavy atom. The van der Waals surface area contributed by atoms with Crippen LogP contribution in [0.25, 0.3) is 0 Å². The smallest absolute Gasteiger partial charge is 0.161 e. The molecule has 0 atom stereocenters. The van der Waals surface area contributed by atoms with E-state index in [0.717, 1.165) is 28.7 Å². The van der Waals surface area contributed by atoms with Gasteiger partial charge in [-0.25, -0.2) is 0 Å². The van der Waals surface area contributed by atoms with E-state index in [0.29, 0.717) is 6.42 Å². The van der Waals surface area contributed by atoms with Gasteiger partial charge in [0.1, 0.15) is 0 Å². The fourth-order valence-electron chi connectivity index (χ4n) is 1.49. The summed E-state index contributed by atoms with van der Waals surface area (Å²) in [6, 6.07) is 0. The summed E-state index contributed by atoms with van der Waals surface area (Å²) < 4.78 is 2.75. The molecule has 1 rings (SSSR count). The quantitative estimate of drug-likeness (QED) is 0.780. The minimum atomic E-state index is 0.119. The highest BCUT2D eigenvalue weighted by molar-refractivity contribution is 9.10. The molecular formula is C12H17BrN2O. The maximum atomic E-state index is 11.6. The van der Waals surface area contributed by atoms with E-state index in [-0.39, 0.29) is 5.78 Å². The van der Waals surface area contributed by atoms with E-state index >= 15 is 0 Å². The van der Waals surface area contributed by atoms with E-state index in [1.54, 1.807) is 10.8 Å². The Labute approximate surface area is 105 Å². The Balaban J connectivity index is 2.85. The summed E-state index contributed by atoms with van der Waals surface area (Å²) in [7, 11) is 1.87. The molecule has 1 aromatic heterocycles. The molecule has 0 radical (unpaired) electrons. The summed E-state index contributed by atoms with van der Waals surface area (Å²) >= 11 is 3.50. The predicted molar refractivity (Wildman–Crippen MR) is 68.4 cm³/mol. The highest BCUT2D eigenvalue weighted by atomic mass is 79.9. The Morgan fingerprint density at radius 3 is 2.69 bits per heavy atom. The molecule has 0 spiro atoms. The molecule has 0 amide bonds.